The van der Waals surface area contributed by atoms with E-state index in [1.165, 1.54) is 31.5 Å². The predicted octanol–water partition coefficient (Wildman–Crippen LogP) is 3.76. The van der Waals surface area contributed by atoms with Crippen LogP contribution in [0.15, 0.2) is 24.3 Å². The third-order valence-electron chi connectivity index (χ3n) is 4.11. The molecule has 0 radical (unpaired) electrons. The minimum atomic E-state index is -0.319. The molecule has 1 saturated carbocycles. The van der Waals surface area contributed by atoms with E-state index in [1.54, 1.807) is 0 Å². The normalized spacial score (nSPS) is 17.3. The SMILES string of the molecule is CCC(O)c1ccc(N(CC)CC2CCC2)cc1. The molecule has 1 fully saturated rings. The van der Waals surface area contributed by atoms with Crippen LogP contribution in [0.1, 0.15) is 51.2 Å². The van der Waals surface area contributed by atoms with Gasteiger partial charge >= 0.3 is 0 Å². The molecule has 0 spiro atoms. The van der Waals surface area contributed by atoms with Crippen LogP contribution in [0.25, 0.3) is 0 Å². The van der Waals surface area contributed by atoms with Crippen molar-refractivity contribution in [3.05, 3.63) is 29.8 Å². The first-order valence-corrected chi connectivity index (χ1v) is 7.27. The smallest absolute Gasteiger partial charge is 0.0787 e. The molecule has 1 unspecified atom stereocenters. The first-order chi connectivity index (χ1) is 8.74. The minimum absolute atomic E-state index is 0.319. The Morgan fingerprint density at radius 1 is 1.22 bits per heavy atom. The van der Waals surface area contributed by atoms with Crippen molar-refractivity contribution in [3.8, 4) is 0 Å². The van der Waals surface area contributed by atoms with E-state index in [9.17, 15) is 5.11 Å². The highest BCUT2D eigenvalue weighted by molar-refractivity contribution is 5.48. The monoisotopic (exact) mass is 247 g/mol. The Kier molecular flexibility index (Phi) is 4.65. The lowest BCUT2D eigenvalue weighted by Crippen LogP contribution is -2.32. The van der Waals surface area contributed by atoms with E-state index in [1.807, 2.05) is 6.92 Å². The quantitative estimate of drug-likeness (QED) is 0.827. The fraction of sp³-hybridized carbons (Fsp3) is 0.625. The van der Waals surface area contributed by atoms with Gasteiger partial charge in [-0.15, -0.1) is 0 Å². The first-order valence-electron chi connectivity index (χ1n) is 7.27. The number of anilines is 1. The van der Waals surface area contributed by atoms with Gasteiger partial charge in [0.1, 0.15) is 0 Å². The number of nitrogens with zero attached hydrogens (tertiary/aromatic N) is 1. The summed E-state index contributed by atoms with van der Waals surface area (Å²) in [6.07, 6.45) is 4.65. The molecule has 1 N–H and O–H groups in total. The molecule has 0 heterocycles. The van der Waals surface area contributed by atoms with Gasteiger partial charge in [-0.3, -0.25) is 0 Å². The van der Waals surface area contributed by atoms with E-state index >= 15 is 0 Å². The Labute approximate surface area is 111 Å². The summed E-state index contributed by atoms with van der Waals surface area (Å²) in [5, 5.41) is 9.79. The van der Waals surface area contributed by atoms with Crippen LogP contribution in [0.3, 0.4) is 0 Å². The van der Waals surface area contributed by atoms with Crippen molar-refractivity contribution in [2.24, 2.45) is 5.92 Å². The molecule has 1 aliphatic rings. The van der Waals surface area contributed by atoms with Gasteiger partial charge in [-0.05, 0) is 49.8 Å². The maximum absolute atomic E-state index is 9.79. The zero-order chi connectivity index (χ0) is 13.0. The molecule has 2 nitrogen and oxygen atoms in total. The summed E-state index contributed by atoms with van der Waals surface area (Å²) in [6.45, 7) is 6.47. The highest BCUT2D eigenvalue weighted by Gasteiger charge is 2.20. The predicted molar refractivity (Wildman–Crippen MR) is 76.9 cm³/mol. The lowest BCUT2D eigenvalue weighted by atomic mass is 9.85. The van der Waals surface area contributed by atoms with Crippen LogP contribution in [0, 0.1) is 5.92 Å². The molecule has 18 heavy (non-hydrogen) atoms. The summed E-state index contributed by atoms with van der Waals surface area (Å²) in [7, 11) is 0. The number of aliphatic hydroxyl groups excluding tert-OH is 1. The standard InChI is InChI=1S/C16H25NO/c1-3-16(18)14-8-10-15(11-9-14)17(4-2)12-13-6-5-7-13/h8-11,13,16,18H,3-7,12H2,1-2H3. The van der Waals surface area contributed by atoms with E-state index in [0.717, 1.165) is 24.4 Å². The van der Waals surface area contributed by atoms with Crippen molar-refractivity contribution in [2.75, 3.05) is 18.0 Å². The lowest BCUT2D eigenvalue weighted by Gasteiger charge is -2.33. The molecule has 100 valence electrons. The van der Waals surface area contributed by atoms with Crippen LogP contribution in [0.2, 0.25) is 0 Å². The highest BCUT2D eigenvalue weighted by Crippen LogP contribution is 2.29. The summed E-state index contributed by atoms with van der Waals surface area (Å²) < 4.78 is 0. The van der Waals surface area contributed by atoms with Crippen molar-refractivity contribution in [2.45, 2.75) is 45.6 Å². The number of rotatable bonds is 6. The van der Waals surface area contributed by atoms with Gasteiger partial charge in [0.2, 0.25) is 0 Å². The van der Waals surface area contributed by atoms with Gasteiger partial charge in [0.05, 0.1) is 6.10 Å². The van der Waals surface area contributed by atoms with E-state index in [-0.39, 0.29) is 6.10 Å². The van der Waals surface area contributed by atoms with Gasteiger partial charge < -0.3 is 10.0 Å². The number of aliphatic hydroxyl groups is 1. The van der Waals surface area contributed by atoms with Crippen molar-refractivity contribution in [1.82, 2.24) is 0 Å². The molecule has 1 aliphatic carbocycles. The van der Waals surface area contributed by atoms with E-state index < -0.39 is 0 Å². The number of benzene rings is 1. The van der Waals surface area contributed by atoms with E-state index in [2.05, 4.69) is 36.1 Å². The highest BCUT2D eigenvalue weighted by atomic mass is 16.3. The summed E-state index contributed by atoms with van der Waals surface area (Å²) in [5.74, 6) is 0.894. The molecular weight excluding hydrogens is 222 g/mol. The molecule has 0 aromatic heterocycles. The maximum Gasteiger partial charge on any atom is 0.0787 e. The topological polar surface area (TPSA) is 23.5 Å². The minimum Gasteiger partial charge on any atom is -0.388 e. The molecule has 1 aromatic carbocycles. The van der Waals surface area contributed by atoms with Crippen LogP contribution in [-0.2, 0) is 0 Å². The summed E-state index contributed by atoms with van der Waals surface area (Å²) >= 11 is 0. The average Bonchev–Trinajstić information content (AvgIpc) is 2.37. The van der Waals surface area contributed by atoms with Crippen LogP contribution in [0.5, 0.6) is 0 Å². The summed E-state index contributed by atoms with van der Waals surface area (Å²) in [6, 6.07) is 8.42. The zero-order valence-corrected chi connectivity index (χ0v) is 11.6. The van der Waals surface area contributed by atoms with E-state index in [4.69, 9.17) is 0 Å². The molecule has 2 heteroatoms. The Bertz CT molecular complexity index is 356. The Balaban J connectivity index is 2.01. The molecule has 1 atom stereocenters. The zero-order valence-electron chi connectivity index (χ0n) is 11.6. The van der Waals surface area contributed by atoms with Crippen molar-refractivity contribution >= 4 is 5.69 Å². The summed E-state index contributed by atoms with van der Waals surface area (Å²) in [4.78, 5) is 2.45. The van der Waals surface area contributed by atoms with Crippen molar-refractivity contribution < 1.29 is 5.11 Å². The number of hydrogen-bond donors (Lipinski definition) is 1. The van der Waals surface area contributed by atoms with Gasteiger partial charge in [-0.1, -0.05) is 25.5 Å². The fourth-order valence-electron chi connectivity index (χ4n) is 2.55. The molecule has 0 saturated heterocycles. The number of hydrogen-bond acceptors (Lipinski definition) is 2. The van der Waals surface area contributed by atoms with Gasteiger partial charge in [-0.25, -0.2) is 0 Å². The molecule has 0 aliphatic heterocycles. The largest absolute Gasteiger partial charge is 0.388 e. The second-order valence-electron chi connectivity index (χ2n) is 5.35. The van der Waals surface area contributed by atoms with Crippen molar-refractivity contribution in [3.63, 3.8) is 0 Å². The molecule has 0 amide bonds. The maximum atomic E-state index is 9.79. The molecule has 2 rings (SSSR count). The second kappa shape index (κ2) is 6.24. The van der Waals surface area contributed by atoms with Gasteiger partial charge in [0.15, 0.2) is 0 Å². The average molecular weight is 247 g/mol. The molecular formula is C16H25NO. The molecule has 1 aromatic rings. The first kappa shape index (κ1) is 13.4. The second-order valence-corrected chi connectivity index (χ2v) is 5.35. The molecule has 0 bridgehead atoms. The van der Waals surface area contributed by atoms with Gasteiger partial charge in [-0.2, -0.15) is 0 Å². The third-order valence-corrected chi connectivity index (χ3v) is 4.11. The van der Waals surface area contributed by atoms with E-state index in [0.29, 0.717) is 0 Å². The third kappa shape index (κ3) is 3.05. The Hall–Kier alpha value is -1.02. The van der Waals surface area contributed by atoms with Gasteiger partial charge in [0, 0.05) is 18.8 Å². The van der Waals surface area contributed by atoms with Crippen LogP contribution < -0.4 is 4.90 Å². The summed E-state index contributed by atoms with van der Waals surface area (Å²) in [5.41, 5.74) is 2.32. The fourth-order valence-corrected chi connectivity index (χ4v) is 2.55. The van der Waals surface area contributed by atoms with Crippen LogP contribution in [-0.4, -0.2) is 18.2 Å². The van der Waals surface area contributed by atoms with Crippen LogP contribution >= 0.6 is 0 Å². The van der Waals surface area contributed by atoms with Crippen molar-refractivity contribution in [1.29, 1.82) is 0 Å². The lowest BCUT2D eigenvalue weighted by molar-refractivity contribution is 0.173. The van der Waals surface area contributed by atoms with Crippen LogP contribution in [0.4, 0.5) is 5.69 Å². The Morgan fingerprint density at radius 2 is 1.89 bits per heavy atom. The Morgan fingerprint density at radius 3 is 2.33 bits per heavy atom. The van der Waals surface area contributed by atoms with Gasteiger partial charge in [0.25, 0.3) is 0 Å².